The largest absolute Gasteiger partial charge is 0.467 e. The summed E-state index contributed by atoms with van der Waals surface area (Å²) in [4.78, 5) is 0. The van der Waals surface area contributed by atoms with Gasteiger partial charge >= 0.3 is 0 Å². The summed E-state index contributed by atoms with van der Waals surface area (Å²) in [6.45, 7) is 1.90. The molecule has 1 atom stereocenters. The Morgan fingerprint density at radius 1 is 1.41 bits per heavy atom. The molecule has 0 saturated heterocycles. The minimum Gasteiger partial charge on any atom is -0.467 e. The molecule has 3 nitrogen and oxygen atoms in total. The van der Waals surface area contributed by atoms with Crippen LogP contribution >= 0.6 is 0 Å². The molecule has 0 radical (unpaired) electrons. The predicted octanol–water partition coefficient (Wildman–Crippen LogP) is 3.46. The molecule has 1 unspecified atom stereocenters. The van der Waals surface area contributed by atoms with E-state index in [1.807, 2.05) is 19.1 Å². The maximum absolute atomic E-state index is 13.2. The minimum atomic E-state index is -0.432. The zero-order valence-electron chi connectivity index (χ0n) is 9.27. The Hall–Kier alpha value is -2.28. The third-order valence-corrected chi connectivity index (χ3v) is 2.38. The van der Waals surface area contributed by atoms with Gasteiger partial charge in [0, 0.05) is 5.69 Å². The molecule has 1 heterocycles. The first-order chi connectivity index (χ1) is 8.19. The number of halogens is 1. The number of hydrogen-bond acceptors (Lipinski definition) is 3. The van der Waals surface area contributed by atoms with E-state index in [-0.39, 0.29) is 6.04 Å². The average molecular weight is 230 g/mol. The van der Waals surface area contributed by atoms with Crippen LogP contribution in [0.1, 0.15) is 24.3 Å². The van der Waals surface area contributed by atoms with Crippen molar-refractivity contribution >= 4 is 5.69 Å². The lowest BCUT2D eigenvalue weighted by Crippen LogP contribution is -2.05. The van der Waals surface area contributed by atoms with Crippen molar-refractivity contribution in [1.29, 1.82) is 5.26 Å². The fourth-order valence-electron chi connectivity index (χ4n) is 1.60. The number of anilines is 1. The molecule has 86 valence electrons. The van der Waals surface area contributed by atoms with Crippen LogP contribution in [0.5, 0.6) is 0 Å². The molecule has 0 aliphatic heterocycles. The highest BCUT2D eigenvalue weighted by Crippen LogP contribution is 2.21. The highest BCUT2D eigenvalue weighted by atomic mass is 19.1. The number of nitriles is 1. The molecular weight excluding hydrogens is 219 g/mol. The van der Waals surface area contributed by atoms with Crippen molar-refractivity contribution in [3.05, 3.63) is 53.7 Å². The van der Waals surface area contributed by atoms with Crippen LogP contribution in [0.25, 0.3) is 0 Å². The van der Waals surface area contributed by atoms with E-state index in [9.17, 15) is 4.39 Å². The van der Waals surface area contributed by atoms with Gasteiger partial charge in [0.2, 0.25) is 0 Å². The summed E-state index contributed by atoms with van der Waals surface area (Å²) in [7, 11) is 0. The van der Waals surface area contributed by atoms with Crippen LogP contribution in [0.4, 0.5) is 10.1 Å². The van der Waals surface area contributed by atoms with Gasteiger partial charge in [0.05, 0.1) is 23.9 Å². The van der Waals surface area contributed by atoms with Crippen LogP contribution in [0, 0.1) is 17.1 Å². The molecular formula is C13H11FN2O. The van der Waals surface area contributed by atoms with E-state index < -0.39 is 5.82 Å². The highest BCUT2D eigenvalue weighted by molar-refractivity contribution is 5.50. The molecule has 0 aliphatic carbocycles. The summed E-state index contributed by atoms with van der Waals surface area (Å²) < 4.78 is 18.4. The average Bonchev–Trinajstić information content (AvgIpc) is 2.81. The Morgan fingerprint density at radius 3 is 2.88 bits per heavy atom. The number of furan rings is 1. The molecule has 0 amide bonds. The second-order valence-electron chi connectivity index (χ2n) is 3.72. The molecule has 4 heteroatoms. The quantitative estimate of drug-likeness (QED) is 0.878. The van der Waals surface area contributed by atoms with E-state index in [2.05, 4.69) is 5.32 Å². The second kappa shape index (κ2) is 4.71. The van der Waals surface area contributed by atoms with Gasteiger partial charge in [-0.15, -0.1) is 0 Å². The van der Waals surface area contributed by atoms with Crippen molar-refractivity contribution in [1.82, 2.24) is 0 Å². The lowest BCUT2D eigenvalue weighted by molar-refractivity contribution is 0.490. The zero-order valence-corrected chi connectivity index (χ0v) is 9.27. The van der Waals surface area contributed by atoms with E-state index in [4.69, 9.17) is 9.68 Å². The molecule has 0 bridgehead atoms. The van der Waals surface area contributed by atoms with Crippen LogP contribution < -0.4 is 5.32 Å². The summed E-state index contributed by atoms with van der Waals surface area (Å²) in [6.07, 6.45) is 1.58. The van der Waals surface area contributed by atoms with Gasteiger partial charge in [-0.25, -0.2) is 4.39 Å². The third-order valence-electron chi connectivity index (χ3n) is 2.38. The molecule has 2 rings (SSSR count). The SMILES string of the molecule is CC(Nc1cc(F)cc(C#N)c1)c1ccco1. The Labute approximate surface area is 98.5 Å². The molecule has 1 N–H and O–H groups in total. The van der Waals surface area contributed by atoms with E-state index in [0.717, 1.165) is 5.76 Å². The summed E-state index contributed by atoms with van der Waals surface area (Å²) >= 11 is 0. The topological polar surface area (TPSA) is 49.0 Å². The Balaban J connectivity index is 2.19. The lowest BCUT2D eigenvalue weighted by Gasteiger charge is -2.13. The highest BCUT2D eigenvalue weighted by Gasteiger charge is 2.09. The van der Waals surface area contributed by atoms with Crippen LogP contribution in [0.2, 0.25) is 0 Å². The van der Waals surface area contributed by atoms with Gasteiger partial charge in [-0.2, -0.15) is 5.26 Å². The van der Waals surface area contributed by atoms with Gasteiger partial charge in [-0.1, -0.05) is 0 Å². The summed E-state index contributed by atoms with van der Waals surface area (Å²) in [5, 5.41) is 11.8. The van der Waals surface area contributed by atoms with Crippen LogP contribution in [-0.4, -0.2) is 0 Å². The van der Waals surface area contributed by atoms with Crippen molar-refractivity contribution in [2.75, 3.05) is 5.32 Å². The molecule has 1 aromatic carbocycles. The van der Waals surface area contributed by atoms with E-state index >= 15 is 0 Å². The van der Waals surface area contributed by atoms with Crippen LogP contribution in [-0.2, 0) is 0 Å². The first-order valence-corrected chi connectivity index (χ1v) is 5.19. The van der Waals surface area contributed by atoms with Gasteiger partial charge in [0.1, 0.15) is 11.6 Å². The van der Waals surface area contributed by atoms with Crippen molar-refractivity contribution in [3.8, 4) is 6.07 Å². The van der Waals surface area contributed by atoms with E-state index in [1.54, 1.807) is 18.4 Å². The maximum Gasteiger partial charge on any atom is 0.126 e. The molecule has 2 aromatic rings. The Kier molecular flexibility index (Phi) is 3.10. The van der Waals surface area contributed by atoms with E-state index in [1.165, 1.54) is 12.1 Å². The normalized spacial score (nSPS) is 11.8. The first-order valence-electron chi connectivity index (χ1n) is 5.19. The number of nitrogens with zero attached hydrogens (tertiary/aromatic N) is 1. The van der Waals surface area contributed by atoms with Crippen molar-refractivity contribution in [2.24, 2.45) is 0 Å². The van der Waals surface area contributed by atoms with E-state index in [0.29, 0.717) is 11.3 Å². The minimum absolute atomic E-state index is 0.0849. The third kappa shape index (κ3) is 2.64. The number of benzene rings is 1. The molecule has 0 spiro atoms. The van der Waals surface area contributed by atoms with Gasteiger partial charge < -0.3 is 9.73 Å². The molecule has 0 aliphatic rings. The first kappa shape index (κ1) is 11.2. The number of hydrogen-bond donors (Lipinski definition) is 1. The van der Waals surface area contributed by atoms with Gasteiger partial charge in [-0.05, 0) is 37.3 Å². The second-order valence-corrected chi connectivity index (χ2v) is 3.72. The lowest BCUT2D eigenvalue weighted by atomic mass is 10.2. The predicted molar refractivity (Wildman–Crippen MR) is 61.9 cm³/mol. The summed E-state index contributed by atoms with van der Waals surface area (Å²) in [6, 6.07) is 9.60. The standard InChI is InChI=1S/C13H11FN2O/c1-9(13-3-2-4-17-13)16-12-6-10(8-15)5-11(14)7-12/h2-7,9,16H,1H3. The fraction of sp³-hybridized carbons (Fsp3) is 0.154. The molecule has 17 heavy (non-hydrogen) atoms. The number of rotatable bonds is 3. The summed E-state index contributed by atoms with van der Waals surface area (Å²) in [5.41, 5.74) is 0.851. The smallest absolute Gasteiger partial charge is 0.126 e. The molecule has 0 fully saturated rings. The molecule has 1 aromatic heterocycles. The van der Waals surface area contributed by atoms with Crippen LogP contribution in [0.15, 0.2) is 41.0 Å². The van der Waals surface area contributed by atoms with Crippen molar-refractivity contribution in [3.63, 3.8) is 0 Å². The molecule has 0 saturated carbocycles. The van der Waals surface area contributed by atoms with Gasteiger partial charge in [0.15, 0.2) is 0 Å². The fourth-order valence-corrected chi connectivity index (χ4v) is 1.60. The number of nitrogens with one attached hydrogen (secondary N) is 1. The monoisotopic (exact) mass is 230 g/mol. The Morgan fingerprint density at radius 2 is 2.24 bits per heavy atom. The maximum atomic E-state index is 13.2. The Bertz CT molecular complexity index is 543. The van der Waals surface area contributed by atoms with Crippen molar-refractivity contribution < 1.29 is 8.81 Å². The zero-order chi connectivity index (χ0) is 12.3. The van der Waals surface area contributed by atoms with Gasteiger partial charge in [0.25, 0.3) is 0 Å². The van der Waals surface area contributed by atoms with Crippen molar-refractivity contribution in [2.45, 2.75) is 13.0 Å². The van der Waals surface area contributed by atoms with Crippen LogP contribution in [0.3, 0.4) is 0 Å². The van der Waals surface area contributed by atoms with Gasteiger partial charge in [-0.3, -0.25) is 0 Å². The summed E-state index contributed by atoms with van der Waals surface area (Å²) in [5.74, 6) is 0.325.